The van der Waals surface area contributed by atoms with E-state index in [1.807, 2.05) is 6.92 Å². The maximum Gasteiger partial charge on any atom is 0.178 e. The third kappa shape index (κ3) is 29.6. The summed E-state index contributed by atoms with van der Waals surface area (Å²) in [5.74, 6) is 0. The van der Waals surface area contributed by atoms with E-state index in [1.54, 1.807) is 0 Å². The lowest BCUT2D eigenvalue weighted by molar-refractivity contribution is -0.138. The van der Waals surface area contributed by atoms with Crippen LogP contribution in [0.3, 0.4) is 0 Å². The van der Waals surface area contributed by atoms with E-state index in [0.29, 0.717) is 119 Å². The van der Waals surface area contributed by atoms with Gasteiger partial charge >= 0.3 is 0 Å². The highest BCUT2D eigenvalue weighted by Crippen LogP contribution is 1.89. The Labute approximate surface area is 203 Å². The Balaban J connectivity index is 3.03. The first kappa shape index (κ1) is 33.5. The Bertz CT molecular complexity index is 365. The highest BCUT2D eigenvalue weighted by molar-refractivity contribution is 4.39. The molecule has 0 aromatic heterocycles. The molecule has 0 radical (unpaired) electrons. The molecule has 0 aliphatic rings. The third-order valence-corrected chi connectivity index (χ3v) is 3.83. The Morgan fingerprint density at radius 3 is 0.971 bits per heavy atom. The van der Waals surface area contributed by atoms with Gasteiger partial charge < -0.3 is 57.6 Å². The molecule has 0 saturated heterocycles. The summed E-state index contributed by atoms with van der Waals surface area (Å²) >= 11 is 0. The van der Waals surface area contributed by atoms with Gasteiger partial charge in [-0.25, -0.2) is 0 Å². The van der Waals surface area contributed by atoms with Crippen molar-refractivity contribution in [1.82, 2.24) is 0 Å². The maximum absolute atomic E-state index is 9.29. The minimum Gasteiger partial charge on any atom is -0.394 e. The van der Waals surface area contributed by atoms with Crippen molar-refractivity contribution >= 4 is 0 Å². The van der Waals surface area contributed by atoms with Crippen LogP contribution in [0.2, 0.25) is 0 Å². The van der Waals surface area contributed by atoms with Gasteiger partial charge in [-0.05, 0) is 6.92 Å². The summed E-state index contributed by atoms with van der Waals surface area (Å²) < 4.78 is 52.9. The van der Waals surface area contributed by atoms with Gasteiger partial charge in [-0.2, -0.15) is 0 Å². The topological polar surface area (TPSA) is 133 Å². The second-order valence-corrected chi connectivity index (χ2v) is 6.61. The van der Waals surface area contributed by atoms with Crippen LogP contribution in [-0.2, 0) is 47.4 Å². The van der Waals surface area contributed by atoms with Gasteiger partial charge in [0, 0.05) is 6.61 Å². The largest absolute Gasteiger partial charge is 0.394 e. The summed E-state index contributed by atoms with van der Waals surface area (Å²) in [5.41, 5.74) is 0. The van der Waals surface area contributed by atoms with Gasteiger partial charge in [0.1, 0.15) is 0 Å². The molecule has 1 unspecified atom stereocenters. The predicted octanol–water partition coefficient (Wildman–Crippen LogP) is -0.517. The van der Waals surface area contributed by atoms with Crippen LogP contribution in [-0.4, -0.2) is 149 Å². The summed E-state index contributed by atoms with van der Waals surface area (Å²) in [6, 6.07) is 0. The molecule has 0 aromatic rings. The SMILES string of the molecule is CCOC(O)COCCOCCOCCOCCOCCOCCOCCOCCOCCO. The Kier molecular flexibility index (Phi) is 30.1. The monoisotopic (exact) mass is 502 g/mol. The fraction of sp³-hybridized carbons (Fsp3) is 1.00. The second-order valence-electron chi connectivity index (χ2n) is 6.61. The number of aliphatic hydroxyl groups excluding tert-OH is 2. The van der Waals surface area contributed by atoms with Crippen LogP contribution in [0.5, 0.6) is 0 Å². The highest BCUT2D eigenvalue weighted by Gasteiger charge is 2.01. The van der Waals surface area contributed by atoms with Crippen LogP contribution in [0.25, 0.3) is 0 Å². The van der Waals surface area contributed by atoms with E-state index in [9.17, 15) is 5.11 Å². The minimum absolute atomic E-state index is 0.0253. The van der Waals surface area contributed by atoms with Gasteiger partial charge in [-0.3, -0.25) is 0 Å². The van der Waals surface area contributed by atoms with Crippen LogP contribution in [0, 0.1) is 0 Å². The smallest absolute Gasteiger partial charge is 0.178 e. The quantitative estimate of drug-likeness (QED) is 0.0967. The molecule has 0 aromatic carbocycles. The number of hydrogen-bond acceptors (Lipinski definition) is 12. The van der Waals surface area contributed by atoms with Gasteiger partial charge in [0.2, 0.25) is 0 Å². The highest BCUT2D eigenvalue weighted by atomic mass is 16.6. The van der Waals surface area contributed by atoms with Crippen molar-refractivity contribution in [3.8, 4) is 0 Å². The van der Waals surface area contributed by atoms with Gasteiger partial charge in [-0.15, -0.1) is 0 Å². The van der Waals surface area contributed by atoms with E-state index in [4.69, 9.17) is 52.5 Å². The van der Waals surface area contributed by atoms with Gasteiger partial charge in [0.15, 0.2) is 6.29 Å². The molecule has 0 aliphatic heterocycles. The van der Waals surface area contributed by atoms with E-state index in [2.05, 4.69) is 0 Å². The molecule has 0 spiro atoms. The summed E-state index contributed by atoms with van der Waals surface area (Å²) in [5, 5.41) is 17.8. The van der Waals surface area contributed by atoms with Gasteiger partial charge in [0.05, 0.1) is 126 Å². The average Bonchev–Trinajstić information content (AvgIpc) is 2.83. The molecule has 0 amide bonds. The molecule has 34 heavy (non-hydrogen) atoms. The van der Waals surface area contributed by atoms with E-state index in [0.717, 1.165) is 0 Å². The third-order valence-electron chi connectivity index (χ3n) is 3.83. The number of ether oxygens (including phenoxy) is 10. The summed E-state index contributed by atoms with van der Waals surface area (Å²) in [6.07, 6.45) is -0.884. The van der Waals surface area contributed by atoms with Crippen molar-refractivity contribution in [1.29, 1.82) is 0 Å². The molecule has 206 valence electrons. The van der Waals surface area contributed by atoms with Crippen LogP contribution in [0.15, 0.2) is 0 Å². The van der Waals surface area contributed by atoms with Crippen LogP contribution >= 0.6 is 0 Å². The maximum atomic E-state index is 9.29. The Hall–Kier alpha value is -0.480. The summed E-state index contributed by atoms with van der Waals surface area (Å²) in [6.45, 7) is 10.5. The molecule has 0 rings (SSSR count). The second kappa shape index (κ2) is 30.6. The Morgan fingerprint density at radius 2 is 0.706 bits per heavy atom. The van der Waals surface area contributed by atoms with Crippen molar-refractivity contribution in [3.63, 3.8) is 0 Å². The van der Waals surface area contributed by atoms with Crippen LogP contribution in [0.1, 0.15) is 6.92 Å². The van der Waals surface area contributed by atoms with Crippen molar-refractivity contribution < 1.29 is 57.6 Å². The average molecular weight is 503 g/mol. The minimum atomic E-state index is -0.884. The molecule has 0 bridgehead atoms. The molecule has 1 atom stereocenters. The summed E-state index contributed by atoms with van der Waals surface area (Å²) in [4.78, 5) is 0. The molecule has 0 fully saturated rings. The lowest BCUT2D eigenvalue weighted by Gasteiger charge is -2.11. The first-order chi connectivity index (χ1) is 16.8. The molecule has 0 saturated carbocycles. The zero-order valence-electron chi connectivity index (χ0n) is 20.7. The number of hydrogen-bond donors (Lipinski definition) is 2. The van der Waals surface area contributed by atoms with E-state index >= 15 is 0 Å². The zero-order chi connectivity index (χ0) is 24.8. The predicted molar refractivity (Wildman–Crippen MR) is 122 cm³/mol. The van der Waals surface area contributed by atoms with Crippen molar-refractivity contribution in [2.24, 2.45) is 0 Å². The van der Waals surface area contributed by atoms with Gasteiger partial charge in [-0.1, -0.05) is 0 Å². The zero-order valence-corrected chi connectivity index (χ0v) is 20.7. The fourth-order valence-corrected chi connectivity index (χ4v) is 2.25. The van der Waals surface area contributed by atoms with Gasteiger partial charge in [0.25, 0.3) is 0 Å². The van der Waals surface area contributed by atoms with E-state index < -0.39 is 6.29 Å². The number of rotatable bonds is 30. The van der Waals surface area contributed by atoms with Crippen molar-refractivity contribution in [2.75, 3.05) is 132 Å². The number of aliphatic hydroxyl groups is 2. The summed E-state index contributed by atoms with van der Waals surface area (Å²) in [7, 11) is 0. The molecule has 0 heterocycles. The lowest BCUT2D eigenvalue weighted by atomic mass is 10.6. The van der Waals surface area contributed by atoms with Crippen LogP contribution in [0.4, 0.5) is 0 Å². The standard InChI is InChI=1S/C22H46O12/c1-2-34-22(24)21-33-20-19-32-18-17-31-16-15-30-14-13-29-12-11-28-10-9-27-8-7-26-6-5-25-4-3-23/h22-24H,2-21H2,1H3. The van der Waals surface area contributed by atoms with Crippen molar-refractivity contribution in [3.05, 3.63) is 0 Å². The van der Waals surface area contributed by atoms with E-state index in [-0.39, 0.29) is 13.2 Å². The first-order valence-corrected chi connectivity index (χ1v) is 11.9. The molecule has 0 aliphatic carbocycles. The van der Waals surface area contributed by atoms with Crippen molar-refractivity contribution in [2.45, 2.75) is 13.2 Å². The van der Waals surface area contributed by atoms with Crippen LogP contribution < -0.4 is 0 Å². The van der Waals surface area contributed by atoms with E-state index in [1.165, 1.54) is 0 Å². The fourth-order valence-electron chi connectivity index (χ4n) is 2.25. The molecular weight excluding hydrogens is 456 g/mol. The molecule has 12 nitrogen and oxygen atoms in total. The first-order valence-electron chi connectivity index (χ1n) is 11.9. The Morgan fingerprint density at radius 1 is 0.441 bits per heavy atom. The molecule has 2 N–H and O–H groups in total. The molecular formula is C22H46O12. The normalized spacial score (nSPS) is 12.4. The molecule has 12 heteroatoms. The lowest BCUT2D eigenvalue weighted by Crippen LogP contribution is -2.20.